The van der Waals surface area contributed by atoms with Crippen molar-refractivity contribution in [2.75, 3.05) is 14.2 Å². The number of hydrogen-bond acceptors (Lipinski definition) is 5. The highest BCUT2D eigenvalue weighted by atomic mass is 32.2. The van der Waals surface area contributed by atoms with E-state index in [1.54, 1.807) is 29.2 Å². The molecule has 2 aromatic carbocycles. The number of ether oxygens (including phenoxy) is 1. The van der Waals surface area contributed by atoms with Crippen molar-refractivity contribution in [3.8, 4) is 5.69 Å². The smallest absolute Gasteiger partial charge is 0.339 e. The van der Waals surface area contributed by atoms with E-state index in [-0.39, 0.29) is 17.0 Å². The van der Waals surface area contributed by atoms with Crippen LogP contribution in [0.2, 0.25) is 0 Å². The average molecular weight is 385 g/mol. The van der Waals surface area contributed by atoms with Crippen LogP contribution in [-0.4, -0.2) is 42.6 Å². The van der Waals surface area contributed by atoms with Crippen molar-refractivity contribution in [1.82, 2.24) is 14.1 Å². The minimum Gasteiger partial charge on any atom is -0.465 e. The molecule has 0 saturated carbocycles. The lowest BCUT2D eigenvalue weighted by Gasteiger charge is -2.18. The number of sulfonamides is 1. The van der Waals surface area contributed by atoms with Crippen molar-refractivity contribution < 1.29 is 17.9 Å². The molecule has 140 valence electrons. The van der Waals surface area contributed by atoms with Crippen molar-refractivity contribution in [3.05, 3.63) is 78.1 Å². The fourth-order valence-corrected chi connectivity index (χ4v) is 3.98. The maximum Gasteiger partial charge on any atom is 0.339 e. The Morgan fingerprint density at radius 1 is 1.11 bits per heavy atom. The van der Waals surface area contributed by atoms with Gasteiger partial charge in [-0.25, -0.2) is 17.9 Å². The SMILES string of the molecule is COC(=O)c1ccccc1S(=O)(=O)N(C)Cc1cnn(-c2ccccc2)c1. The Morgan fingerprint density at radius 2 is 1.78 bits per heavy atom. The summed E-state index contributed by atoms with van der Waals surface area (Å²) in [5, 5.41) is 4.27. The summed E-state index contributed by atoms with van der Waals surface area (Å²) in [5.41, 5.74) is 1.61. The van der Waals surface area contributed by atoms with Gasteiger partial charge >= 0.3 is 5.97 Å². The normalized spacial score (nSPS) is 11.5. The summed E-state index contributed by atoms with van der Waals surface area (Å²) >= 11 is 0. The molecule has 1 aromatic heterocycles. The van der Waals surface area contributed by atoms with Crippen molar-refractivity contribution in [2.24, 2.45) is 0 Å². The van der Waals surface area contributed by atoms with E-state index in [0.29, 0.717) is 0 Å². The zero-order valence-electron chi connectivity index (χ0n) is 14.9. The van der Waals surface area contributed by atoms with Gasteiger partial charge in [-0.1, -0.05) is 30.3 Å². The third kappa shape index (κ3) is 3.91. The lowest BCUT2D eigenvalue weighted by Crippen LogP contribution is -2.28. The molecule has 0 saturated heterocycles. The van der Waals surface area contributed by atoms with Gasteiger partial charge in [-0.15, -0.1) is 0 Å². The number of benzene rings is 2. The van der Waals surface area contributed by atoms with Gasteiger partial charge in [0.05, 0.1) is 29.5 Å². The summed E-state index contributed by atoms with van der Waals surface area (Å²) < 4.78 is 33.4. The minimum absolute atomic E-state index is 0.00632. The molecule has 0 unspecified atom stereocenters. The molecule has 0 spiro atoms. The predicted molar refractivity (Wildman–Crippen MR) is 100.0 cm³/mol. The summed E-state index contributed by atoms with van der Waals surface area (Å²) in [6.07, 6.45) is 3.39. The molecule has 8 heteroatoms. The maximum atomic E-state index is 12.9. The summed E-state index contributed by atoms with van der Waals surface area (Å²) in [6.45, 7) is 0.116. The number of methoxy groups -OCH3 is 1. The summed E-state index contributed by atoms with van der Waals surface area (Å²) in [4.78, 5) is 11.8. The second kappa shape index (κ2) is 7.73. The highest BCUT2D eigenvalue weighted by Crippen LogP contribution is 2.21. The summed E-state index contributed by atoms with van der Waals surface area (Å²) in [7, 11) is -1.21. The van der Waals surface area contributed by atoms with E-state index in [0.717, 1.165) is 11.3 Å². The van der Waals surface area contributed by atoms with Gasteiger partial charge < -0.3 is 4.74 Å². The Hall–Kier alpha value is -2.97. The van der Waals surface area contributed by atoms with Crippen LogP contribution in [0.5, 0.6) is 0 Å². The van der Waals surface area contributed by atoms with Crippen molar-refractivity contribution in [2.45, 2.75) is 11.4 Å². The number of carbonyl (C=O) groups is 1. The number of nitrogens with zero attached hydrogens (tertiary/aromatic N) is 3. The molecule has 0 N–H and O–H groups in total. The molecular weight excluding hydrogens is 366 g/mol. The fourth-order valence-electron chi connectivity index (χ4n) is 2.64. The third-order valence-corrected chi connectivity index (χ3v) is 5.90. The molecule has 0 amide bonds. The predicted octanol–water partition coefficient (Wildman–Crippen LogP) is 2.48. The second-order valence-electron chi connectivity index (χ2n) is 5.88. The summed E-state index contributed by atoms with van der Waals surface area (Å²) in [5.74, 6) is -0.695. The monoisotopic (exact) mass is 385 g/mol. The van der Waals surface area contributed by atoms with E-state index in [9.17, 15) is 13.2 Å². The zero-order valence-corrected chi connectivity index (χ0v) is 15.8. The Kier molecular flexibility index (Phi) is 5.38. The first-order valence-electron chi connectivity index (χ1n) is 8.16. The molecule has 0 radical (unpaired) electrons. The van der Waals surface area contributed by atoms with Crippen LogP contribution in [0.25, 0.3) is 5.69 Å². The molecular formula is C19H19N3O4S. The van der Waals surface area contributed by atoms with Crippen LogP contribution in [0.3, 0.4) is 0 Å². The molecule has 0 atom stereocenters. The Morgan fingerprint density at radius 3 is 2.48 bits per heavy atom. The lowest BCUT2D eigenvalue weighted by molar-refractivity contribution is 0.0596. The highest BCUT2D eigenvalue weighted by molar-refractivity contribution is 7.89. The van der Waals surface area contributed by atoms with Gasteiger partial charge in [-0.05, 0) is 24.3 Å². The second-order valence-corrected chi connectivity index (χ2v) is 7.89. The van der Waals surface area contributed by atoms with Crippen LogP contribution in [0.1, 0.15) is 15.9 Å². The molecule has 0 bridgehead atoms. The van der Waals surface area contributed by atoms with E-state index in [1.807, 2.05) is 30.3 Å². The molecule has 0 aliphatic rings. The quantitative estimate of drug-likeness (QED) is 0.609. The minimum atomic E-state index is -3.88. The van der Waals surface area contributed by atoms with E-state index in [4.69, 9.17) is 0 Å². The highest BCUT2D eigenvalue weighted by Gasteiger charge is 2.27. The van der Waals surface area contributed by atoms with Crippen LogP contribution in [-0.2, 0) is 21.3 Å². The van der Waals surface area contributed by atoms with Crippen LogP contribution in [0.4, 0.5) is 0 Å². The fraction of sp³-hybridized carbons (Fsp3) is 0.158. The van der Waals surface area contributed by atoms with Crippen molar-refractivity contribution in [1.29, 1.82) is 0 Å². The number of carbonyl (C=O) groups excluding carboxylic acids is 1. The molecule has 0 fully saturated rings. The van der Waals surface area contributed by atoms with E-state index < -0.39 is 16.0 Å². The van der Waals surface area contributed by atoms with Gasteiger partial charge in [0.15, 0.2) is 0 Å². The standard InChI is InChI=1S/C19H19N3O4S/c1-21(13-15-12-20-22(14-15)16-8-4-3-5-9-16)27(24,25)18-11-7-6-10-17(18)19(23)26-2/h3-12,14H,13H2,1-2H3. The molecule has 3 rings (SSSR count). The van der Waals surface area contributed by atoms with E-state index in [1.165, 1.54) is 30.6 Å². The van der Waals surface area contributed by atoms with Crippen LogP contribution in [0, 0.1) is 0 Å². The first-order valence-corrected chi connectivity index (χ1v) is 9.60. The number of rotatable bonds is 6. The number of hydrogen-bond donors (Lipinski definition) is 0. The maximum absolute atomic E-state index is 12.9. The number of para-hydroxylation sites is 1. The Bertz CT molecular complexity index is 1050. The van der Waals surface area contributed by atoms with Crippen molar-refractivity contribution in [3.63, 3.8) is 0 Å². The first-order chi connectivity index (χ1) is 12.9. The summed E-state index contributed by atoms with van der Waals surface area (Å²) in [6, 6.07) is 15.5. The van der Waals surface area contributed by atoms with Gasteiger partial charge in [0.1, 0.15) is 0 Å². The average Bonchev–Trinajstić information content (AvgIpc) is 3.16. The number of aromatic nitrogens is 2. The van der Waals surface area contributed by atoms with Gasteiger partial charge in [0, 0.05) is 25.4 Å². The molecule has 1 heterocycles. The zero-order chi connectivity index (χ0) is 19.4. The molecule has 0 aliphatic heterocycles. The topological polar surface area (TPSA) is 81.5 Å². The largest absolute Gasteiger partial charge is 0.465 e. The van der Waals surface area contributed by atoms with Crippen molar-refractivity contribution >= 4 is 16.0 Å². The van der Waals surface area contributed by atoms with E-state index >= 15 is 0 Å². The number of esters is 1. The first kappa shape index (κ1) is 18.8. The Balaban J connectivity index is 1.85. The molecule has 7 nitrogen and oxygen atoms in total. The van der Waals surface area contributed by atoms with Gasteiger partial charge in [0.2, 0.25) is 10.0 Å². The van der Waals surface area contributed by atoms with Gasteiger partial charge in [-0.2, -0.15) is 9.40 Å². The lowest BCUT2D eigenvalue weighted by atomic mass is 10.2. The van der Waals surface area contributed by atoms with Crippen LogP contribution < -0.4 is 0 Å². The van der Waals surface area contributed by atoms with Gasteiger partial charge in [-0.3, -0.25) is 0 Å². The molecule has 0 aliphatic carbocycles. The van der Waals surface area contributed by atoms with Gasteiger partial charge in [0.25, 0.3) is 0 Å². The molecule has 3 aromatic rings. The third-order valence-electron chi connectivity index (χ3n) is 4.04. The van der Waals surface area contributed by atoms with Crippen LogP contribution in [0.15, 0.2) is 71.9 Å². The molecule has 27 heavy (non-hydrogen) atoms. The van der Waals surface area contributed by atoms with Crippen LogP contribution >= 0.6 is 0 Å². The van der Waals surface area contributed by atoms with E-state index in [2.05, 4.69) is 9.84 Å². The Labute approximate surface area is 157 Å².